The molecule has 8 nitrogen and oxygen atoms in total. The molecule has 5 atom stereocenters. The Hall–Kier alpha value is -1.77. The van der Waals surface area contributed by atoms with Crippen LogP contribution in [0.25, 0.3) is 0 Å². The molecule has 0 amide bonds. The molecule has 0 aromatic heterocycles. The lowest BCUT2D eigenvalue weighted by Crippen LogP contribution is -2.62. The van der Waals surface area contributed by atoms with Crippen molar-refractivity contribution in [3.05, 3.63) is 11.6 Å². The number of fused-ring (bicyclic) bond motifs is 4. The molecule has 3 fully saturated rings. The lowest BCUT2D eigenvalue weighted by Gasteiger charge is -2.48. The van der Waals surface area contributed by atoms with Crippen LogP contribution in [-0.2, 0) is 28.6 Å². The Morgan fingerprint density at radius 2 is 2.09 bits per heavy atom. The predicted molar refractivity (Wildman–Crippen MR) is 70.6 cm³/mol. The van der Waals surface area contributed by atoms with Gasteiger partial charge in [0.2, 0.25) is 5.60 Å². The van der Waals surface area contributed by atoms with Gasteiger partial charge in [-0.15, -0.1) is 0 Å². The van der Waals surface area contributed by atoms with Crippen LogP contribution in [-0.4, -0.2) is 59.1 Å². The molecule has 23 heavy (non-hydrogen) atoms. The topological polar surface area (TPSA) is 119 Å². The van der Waals surface area contributed by atoms with E-state index in [0.717, 1.165) is 7.11 Å². The number of methoxy groups -OCH3 is 1. The van der Waals surface area contributed by atoms with Gasteiger partial charge in [-0.1, -0.05) is 0 Å². The van der Waals surface area contributed by atoms with E-state index >= 15 is 0 Å². The molecule has 8 heteroatoms. The molecule has 4 aliphatic rings. The second-order valence-corrected chi connectivity index (χ2v) is 6.90. The minimum absolute atomic E-state index is 0.0443. The van der Waals surface area contributed by atoms with E-state index in [1.165, 1.54) is 6.08 Å². The number of aliphatic hydroxyl groups is 2. The first-order valence-corrected chi connectivity index (χ1v) is 7.29. The number of esters is 2. The van der Waals surface area contributed by atoms with E-state index < -0.39 is 40.3 Å². The maximum Gasteiger partial charge on any atom is 0.367 e. The van der Waals surface area contributed by atoms with Crippen molar-refractivity contribution in [2.45, 2.75) is 37.3 Å². The Bertz CT molecular complexity index is 698. The van der Waals surface area contributed by atoms with Crippen LogP contribution >= 0.6 is 0 Å². The van der Waals surface area contributed by atoms with Crippen LogP contribution in [0.4, 0.5) is 0 Å². The van der Waals surface area contributed by atoms with Crippen LogP contribution in [0.5, 0.6) is 0 Å². The standard InChI is InChI=1S/C15H16O8/c1-12-6-22-10(17)14(12,19)9-5-13(4-7(16)3-8(12)13)15(20,23-9)11(18)21-2/h3,9,19-20H,4-6H2,1-2H3/t9-,12+,13+,14-,15?/m1/s1. The Balaban J connectivity index is 2.00. The Kier molecular flexibility index (Phi) is 2.46. The van der Waals surface area contributed by atoms with Crippen LogP contribution < -0.4 is 0 Å². The number of hydrogen-bond donors (Lipinski definition) is 2. The van der Waals surface area contributed by atoms with E-state index in [-0.39, 0.29) is 25.2 Å². The van der Waals surface area contributed by atoms with E-state index in [1.54, 1.807) is 6.92 Å². The Morgan fingerprint density at radius 1 is 1.39 bits per heavy atom. The fourth-order valence-electron chi connectivity index (χ4n) is 4.77. The predicted octanol–water partition coefficient (Wildman–Crippen LogP) is -1.17. The third kappa shape index (κ3) is 1.25. The minimum Gasteiger partial charge on any atom is -0.465 e. The van der Waals surface area contributed by atoms with Gasteiger partial charge in [-0.2, -0.15) is 0 Å². The first-order chi connectivity index (χ1) is 10.7. The van der Waals surface area contributed by atoms with Gasteiger partial charge in [-0.05, 0) is 25.0 Å². The van der Waals surface area contributed by atoms with Gasteiger partial charge >= 0.3 is 11.9 Å². The van der Waals surface area contributed by atoms with Crippen molar-refractivity contribution in [1.29, 1.82) is 0 Å². The lowest BCUT2D eigenvalue weighted by molar-refractivity contribution is -0.250. The molecule has 1 unspecified atom stereocenters. The monoisotopic (exact) mass is 324 g/mol. The van der Waals surface area contributed by atoms with Crippen LogP contribution in [0, 0.1) is 10.8 Å². The van der Waals surface area contributed by atoms with Gasteiger partial charge in [0.1, 0.15) is 12.7 Å². The van der Waals surface area contributed by atoms with Gasteiger partial charge in [-0.3, -0.25) is 4.79 Å². The molecule has 0 aromatic rings. The molecule has 0 radical (unpaired) electrons. The molecule has 2 aliphatic carbocycles. The average molecular weight is 324 g/mol. The SMILES string of the molecule is COC(=O)C1(O)O[C@@H]2C[C@]13CC(=O)C=C3[C@]1(C)COC(=O)[C@]21O. The number of carbonyl (C=O) groups is 3. The van der Waals surface area contributed by atoms with Crippen molar-refractivity contribution in [2.75, 3.05) is 13.7 Å². The van der Waals surface area contributed by atoms with E-state index in [2.05, 4.69) is 4.74 Å². The van der Waals surface area contributed by atoms with E-state index in [1.807, 2.05) is 0 Å². The largest absolute Gasteiger partial charge is 0.465 e. The number of ether oxygens (including phenoxy) is 3. The van der Waals surface area contributed by atoms with Gasteiger partial charge in [0.05, 0.1) is 17.9 Å². The molecule has 1 spiro atoms. The van der Waals surface area contributed by atoms with Crippen molar-refractivity contribution < 1.29 is 38.8 Å². The normalized spacial score (nSPS) is 50.3. The minimum atomic E-state index is -2.42. The highest BCUT2D eigenvalue weighted by molar-refractivity contribution is 5.99. The summed E-state index contributed by atoms with van der Waals surface area (Å²) in [4.78, 5) is 36.5. The Labute approximate surface area is 131 Å². The highest BCUT2D eigenvalue weighted by Crippen LogP contribution is 2.70. The lowest BCUT2D eigenvalue weighted by atomic mass is 9.53. The molecule has 1 saturated carbocycles. The second-order valence-electron chi connectivity index (χ2n) is 6.90. The molecule has 2 bridgehead atoms. The van der Waals surface area contributed by atoms with Crippen molar-refractivity contribution >= 4 is 17.7 Å². The maximum absolute atomic E-state index is 12.2. The second kappa shape index (κ2) is 3.82. The number of rotatable bonds is 1. The van der Waals surface area contributed by atoms with Crippen LogP contribution in [0.15, 0.2) is 11.6 Å². The molecule has 2 aliphatic heterocycles. The summed E-state index contributed by atoms with van der Waals surface area (Å²) in [6.45, 7) is 1.43. The zero-order valence-corrected chi connectivity index (χ0v) is 12.6. The number of carbonyl (C=O) groups excluding carboxylic acids is 3. The molecule has 2 N–H and O–H groups in total. The molecular formula is C15H16O8. The van der Waals surface area contributed by atoms with Crippen LogP contribution in [0.2, 0.25) is 0 Å². The van der Waals surface area contributed by atoms with E-state index in [9.17, 15) is 24.6 Å². The average Bonchev–Trinajstić information content (AvgIpc) is 3.08. The number of ketones is 1. The third-order valence-electron chi connectivity index (χ3n) is 5.96. The van der Waals surface area contributed by atoms with Gasteiger partial charge in [0.15, 0.2) is 5.78 Å². The van der Waals surface area contributed by atoms with E-state index in [0.29, 0.717) is 5.57 Å². The van der Waals surface area contributed by atoms with Crippen molar-refractivity contribution in [1.82, 2.24) is 0 Å². The fourth-order valence-corrected chi connectivity index (χ4v) is 4.77. The third-order valence-corrected chi connectivity index (χ3v) is 5.96. The smallest absolute Gasteiger partial charge is 0.367 e. The van der Waals surface area contributed by atoms with Crippen LogP contribution in [0.3, 0.4) is 0 Å². The summed E-state index contributed by atoms with van der Waals surface area (Å²) in [7, 11) is 1.09. The zero-order valence-electron chi connectivity index (χ0n) is 12.6. The molecule has 2 heterocycles. The number of cyclic esters (lactones) is 1. The summed E-state index contributed by atoms with van der Waals surface area (Å²) in [6.07, 6.45) is -0.0809. The summed E-state index contributed by atoms with van der Waals surface area (Å²) in [6, 6.07) is 0. The van der Waals surface area contributed by atoms with E-state index in [4.69, 9.17) is 9.47 Å². The molecular weight excluding hydrogens is 308 g/mol. The molecule has 0 aromatic carbocycles. The number of allylic oxidation sites excluding steroid dienone is 1. The molecule has 4 rings (SSSR count). The zero-order chi connectivity index (χ0) is 16.8. The van der Waals surface area contributed by atoms with Gasteiger partial charge in [0, 0.05) is 6.42 Å². The molecule has 124 valence electrons. The van der Waals surface area contributed by atoms with Crippen molar-refractivity contribution in [2.24, 2.45) is 10.8 Å². The number of hydrogen-bond acceptors (Lipinski definition) is 8. The summed E-state index contributed by atoms with van der Waals surface area (Å²) in [5.74, 6) is -4.67. The fraction of sp³-hybridized carbons (Fsp3) is 0.667. The molecule has 2 saturated heterocycles. The summed E-state index contributed by atoms with van der Waals surface area (Å²) in [5, 5.41) is 22.0. The first-order valence-electron chi connectivity index (χ1n) is 7.29. The van der Waals surface area contributed by atoms with Gasteiger partial charge in [-0.25, -0.2) is 9.59 Å². The van der Waals surface area contributed by atoms with Crippen molar-refractivity contribution in [3.63, 3.8) is 0 Å². The van der Waals surface area contributed by atoms with Crippen LogP contribution in [0.1, 0.15) is 19.8 Å². The van der Waals surface area contributed by atoms with Crippen molar-refractivity contribution in [3.8, 4) is 0 Å². The maximum atomic E-state index is 12.2. The highest BCUT2D eigenvalue weighted by Gasteiger charge is 2.83. The summed E-state index contributed by atoms with van der Waals surface area (Å²) < 4.78 is 15.2. The highest BCUT2D eigenvalue weighted by atomic mass is 16.7. The van der Waals surface area contributed by atoms with Gasteiger partial charge < -0.3 is 24.4 Å². The first kappa shape index (κ1) is 14.8. The van der Waals surface area contributed by atoms with Gasteiger partial charge in [0.25, 0.3) is 5.79 Å². The Morgan fingerprint density at radius 3 is 2.74 bits per heavy atom. The quantitative estimate of drug-likeness (QED) is 0.579. The summed E-state index contributed by atoms with van der Waals surface area (Å²) >= 11 is 0. The summed E-state index contributed by atoms with van der Waals surface area (Å²) in [5.41, 5.74) is -4.36.